The Hall–Kier alpha value is -0.400. The summed E-state index contributed by atoms with van der Waals surface area (Å²) in [7, 11) is 0. The molecule has 10 heavy (non-hydrogen) atoms. The van der Waals surface area contributed by atoms with Gasteiger partial charge in [0.15, 0.2) is 0 Å². The molecule has 2 atom stereocenters. The van der Waals surface area contributed by atoms with E-state index in [4.69, 9.17) is 0 Å². The molecule has 0 bridgehead atoms. The van der Waals surface area contributed by atoms with Crippen LogP contribution in [0.2, 0.25) is 0 Å². The van der Waals surface area contributed by atoms with E-state index >= 15 is 0 Å². The van der Waals surface area contributed by atoms with Crippen LogP contribution in [0.15, 0.2) is 12.7 Å². The van der Waals surface area contributed by atoms with Crippen molar-refractivity contribution in [1.29, 1.82) is 0 Å². The van der Waals surface area contributed by atoms with Crippen molar-refractivity contribution in [3.05, 3.63) is 12.7 Å². The highest BCUT2D eigenvalue weighted by molar-refractivity contribution is 5.29. The fourth-order valence-electron chi connectivity index (χ4n) is 1.94. The van der Waals surface area contributed by atoms with Crippen LogP contribution in [0.4, 0.5) is 8.78 Å². The molecule has 0 nitrogen and oxygen atoms in total. The van der Waals surface area contributed by atoms with Gasteiger partial charge in [0.2, 0.25) is 0 Å². The molecule has 0 heterocycles. The Kier molecular flexibility index (Phi) is 0.817. The average molecular weight is 144 g/mol. The van der Waals surface area contributed by atoms with E-state index in [0.29, 0.717) is 11.8 Å². The van der Waals surface area contributed by atoms with Crippen LogP contribution in [0.5, 0.6) is 0 Å². The molecule has 2 rings (SSSR count). The molecule has 2 saturated carbocycles. The SMILES string of the molecule is C=CC(F)(F)C1(C)C2CC21. The number of hydrogen-bond donors (Lipinski definition) is 0. The van der Waals surface area contributed by atoms with Gasteiger partial charge in [-0.15, -0.1) is 0 Å². The third-order valence-corrected chi connectivity index (χ3v) is 3.20. The summed E-state index contributed by atoms with van der Waals surface area (Å²) in [6.07, 6.45) is 1.80. The minimum absolute atomic E-state index is 0.306. The molecule has 2 fully saturated rings. The van der Waals surface area contributed by atoms with Gasteiger partial charge in [0.1, 0.15) is 0 Å². The maximum absolute atomic E-state index is 12.9. The van der Waals surface area contributed by atoms with Gasteiger partial charge in [-0.05, 0) is 24.3 Å². The van der Waals surface area contributed by atoms with Gasteiger partial charge in [0.05, 0.1) is 0 Å². The third-order valence-electron chi connectivity index (χ3n) is 3.20. The smallest absolute Gasteiger partial charge is 0.201 e. The Bertz CT molecular complexity index is 187. The zero-order valence-corrected chi connectivity index (χ0v) is 5.90. The Morgan fingerprint density at radius 2 is 2.10 bits per heavy atom. The number of allylic oxidation sites excluding steroid dienone is 1. The van der Waals surface area contributed by atoms with Crippen molar-refractivity contribution in [2.75, 3.05) is 0 Å². The van der Waals surface area contributed by atoms with Crippen LogP contribution in [0.3, 0.4) is 0 Å². The summed E-state index contributed by atoms with van der Waals surface area (Å²) < 4.78 is 25.8. The van der Waals surface area contributed by atoms with Crippen molar-refractivity contribution in [3.8, 4) is 0 Å². The molecule has 0 radical (unpaired) electrons. The van der Waals surface area contributed by atoms with Gasteiger partial charge in [-0.1, -0.05) is 13.5 Å². The highest BCUT2D eigenvalue weighted by Crippen LogP contribution is 2.82. The summed E-state index contributed by atoms with van der Waals surface area (Å²) in [4.78, 5) is 0. The Morgan fingerprint density at radius 1 is 1.60 bits per heavy atom. The van der Waals surface area contributed by atoms with E-state index in [1.54, 1.807) is 6.92 Å². The molecule has 0 amide bonds. The first-order valence-electron chi connectivity index (χ1n) is 3.55. The van der Waals surface area contributed by atoms with Crippen molar-refractivity contribution >= 4 is 0 Å². The van der Waals surface area contributed by atoms with Gasteiger partial charge in [-0.2, -0.15) is 0 Å². The number of halogens is 2. The minimum atomic E-state index is -2.62. The van der Waals surface area contributed by atoms with Crippen LogP contribution in [-0.4, -0.2) is 5.92 Å². The Morgan fingerprint density at radius 3 is 2.20 bits per heavy atom. The van der Waals surface area contributed by atoms with Crippen molar-refractivity contribution in [2.24, 2.45) is 17.3 Å². The number of fused-ring (bicyclic) bond motifs is 1. The molecule has 0 aromatic rings. The Balaban J connectivity index is 2.18. The van der Waals surface area contributed by atoms with Crippen LogP contribution >= 0.6 is 0 Å². The van der Waals surface area contributed by atoms with E-state index in [0.717, 1.165) is 12.5 Å². The summed E-state index contributed by atoms with van der Waals surface area (Å²) in [5.74, 6) is -2.01. The summed E-state index contributed by atoms with van der Waals surface area (Å²) in [5.41, 5.74) is -0.700. The van der Waals surface area contributed by atoms with Gasteiger partial charge >= 0.3 is 0 Å². The second-order valence-electron chi connectivity index (χ2n) is 3.56. The predicted octanol–water partition coefficient (Wildman–Crippen LogP) is 2.46. The van der Waals surface area contributed by atoms with Crippen molar-refractivity contribution in [3.63, 3.8) is 0 Å². The van der Waals surface area contributed by atoms with Crippen molar-refractivity contribution in [1.82, 2.24) is 0 Å². The zero-order chi connectivity index (χ0) is 7.57. The maximum Gasteiger partial charge on any atom is 0.271 e. The first kappa shape index (κ1) is 6.32. The highest BCUT2D eigenvalue weighted by Gasteiger charge is 2.82. The lowest BCUT2D eigenvalue weighted by molar-refractivity contribution is -0.0424. The first-order chi connectivity index (χ1) is 4.54. The van der Waals surface area contributed by atoms with Gasteiger partial charge in [0.25, 0.3) is 5.92 Å². The van der Waals surface area contributed by atoms with E-state index in [9.17, 15) is 8.78 Å². The second-order valence-corrected chi connectivity index (χ2v) is 3.56. The van der Waals surface area contributed by atoms with Crippen LogP contribution in [0, 0.1) is 17.3 Å². The quantitative estimate of drug-likeness (QED) is 0.522. The van der Waals surface area contributed by atoms with E-state index < -0.39 is 11.3 Å². The van der Waals surface area contributed by atoms with Gasteiger partial charge in [-0.25, -0.2) is 8.78 Å². The molecule has 0 aromatic carbocycles. The van der Waals surface area contributed by atoms with E-state index in [1.165, 1.54) is 0 Å². The fourth-order valence-corrected chi connectivity index (χ4v) is 1.94. The molecule has 2 aliphatic rings. The largest absolute Gasteiger partial charge is 0.271 e. The highest BCUT2D eigenvalue weighted by atomic mass is 19.3. The molecule has 0 aliphatic heterocycles. The molecule has 0 N–H and O–H groups in total. The molecule has 0 aromatic heterocycles. The van der Waals surface area contributed by atoms with Crippen LogP contribution < -0.4 is 0 Å². The summed E-state index contributed by atoms with van der Waals surface area (Å²) in [5, 5.41) is 0. The van der Waals surface area contributed by atoms with Crippen LogP contribution in [0.1, 0.15) is 13.3 Å². The van der Waals surface area contributed by atoms with Gasteiger partial charge in [0, 0.05) is 5.41 Å². The summed E-state index contributed by atoms with van der Waals surface area (Å²) in [6.45, 7) is 4.80. The number of rotatable bonds is 2. The lowest BCUT2D eigenvalue weighted by Crippen LogP contribution is -2.30. The molecular formula is C8H10F2. The summed E-state index contributed by atoms with van der Waals surface area (Å²) in [6, 6.07) is 0. The van der Waals surface area contributed by atoms with Crippen molar-refractivity contribution < 1.29 is 8.78 Å². The number of hydrogen-bond acceptors (Lipinski definition) is 0. The van der Waals surface area contributed by atoms with E-state index in [2.05, 4.69) is 6.58 Å². The average Bonchev–Trinajstić information content (AvgIpc) is 2.71. The van der Waals surface area contributed by atoms with Crippen LogP contribution in [0.25, 0.3) is 0 Å². The normalized spacial score (nSPS) is 49.9. The molecular weight excluding hydrogens is 134 g/mol. The monoisotopic (exact) mass is 144 g/mol. The second kappa shape index (κ2) is 1.29. The number of alkyl halides is 2. The third kappa shape index (κ3) is 0.435. The predicted molar refractivity (Wildman–Crippen MR) is 34.8 cm³/mol. The maximum atomic E-state index is 12.9. The summed E-state index contributed by atoms with van der Waals surface area (Å²) >= 11 is 0. The van der Waals surface area contributed by atoms with E-state index in [1.807, 2.05) is 0 Å². The molecule has 0 saturated heterocycles. The first-order valence-corrected chi connectivity index (χ1v) is 3.55. The lowest BCUT2D eigenvalue weighted by Gasteiger charge is -2.24. The van der Waals surface area contributed by atoms with Gasteiger partial charge in [-0.3, -0.25) is 0 Å². The molecule has 2 unspecified atom stereocenters. The van der Waals surface area contributed by atoms with E-state index in [-0.39, 0.29) is 0 Å². The lowest BCUT2D eigenvalue weighted by atomic mass is 9.89. The Labute approximate surface area is 58.9 Å². The molecule has 2 aliphatic carbocycles. The van der Waals surface area contributed by atoms with Gasteiger partial charge < -0.3 is 0 Å². The zero-order valence-electron chi connectivity index (χ0n) is 5.90. The molecule has 56 valence electrons. The fraction of sp³-hybridized carbons (Fsp3) is 0.750. The topological polar surface area (TPSA) is 0 Å². The molecule has 2 heteroatoms. The van der Waals surface area contributed by atoms with Crippen molar-refractivity contribution in [2.45, 2.75) is 19.3 Å². The molecule has 0 spiro atoms. The standard InChI is InChI=1S/C8H10F2/c1-3-8(9,10)7(2)5-4-6(5)7/h3,5-6H,1,4H2,2H3. The van der Waals surface area contributed by atoms with Crippen LogP contribution in [-0.2, 0) is 0 Å². The minimum Gasteiger partial charge on any atom is -0.201 e.